The number of rotatable bonds is 4. The summed E-state index contributed by atoms with van der Waals surface area (Å²) in [6, 6.07) is 3.43. The first-order valence-corrected chi connectivity index (χ1v) is 8.61. The van der Waals surface area contributed by atoms with Gasteiger partial charge in [-0.3, -0.25) is 9.79 Å². The Morgan fingerprint density at radius 2 is 2.18 bits per heavy atom. The molecule has 0 saturated heterocycles. The maximum absolute atomic E-state index is 14.9. The van der Waals surface area contributed by atoms with E-state index in [0.29, 0.717) is 5.69 Å². The summed E-state index contributed by atoms with van der Waals surface area (Å²) in [4.78, 5) is 23.0. The lowest BCUT2D eigenvalue weighted by Crippen LogP contribution is -2.47. The van der Waals surface area contributed by atoms with Crippen LogP contribution in [0.3, 0.4) is 0 Å². The molecule has 1 aliphatic heterocycles. The van der Waals surface area contributed by atoms with Crippen molar-refractivity contribution in [2.45, 2.75) is 31.7 Å². The summed E-state index contributed by atoms with van der Waals surface area (Å²) in [5, 5.41) is 2.54. The van der Waals surface area contributed by atoms with Crippen molar-refractivity contribution in [3.8, 4) is 0 Å². The van der Waals surface area contributed by atoms with Gasteiger partial charge in [-0.2, -0.15) is 0 Å². The van der Waals surface area contributed by atoms with Crippen LogP contribution < -0.4 is 11.1 Å². The van der Waals surface area contributed by atoms with E-state index in [-0.39, 0.29) is 35.8 Å². The zero-order valence-corrected chi connectivity index (χ0v) is 15.4. The monoisotopic (exact) mass is 395 g/mol. The van der Waals surface area contributed by atoms with E-state index in [4.69, 9.17) is 10.5 Å². The number of hydrogen-bond donors (Lipinski definition) is 3. The topological polar surface area (TPSA) is 105 Å². The van der Waals surface area contributed by atoms with Gasteiger partial charge in [-0.25, -0.2) is 18.2 Å². The van der Waals surface area contributed by atoms with Gasteiger partial charge in [0.05, 0.1) is 6.33 Å². The lowest BCUT2D eigenvalue weighted by atomic mass is 9.81. The van der Waals surface area contributed by atoms with Gasteiger partial charge < -0.3 is 20.8 Å². The molecule has 28 heavy (non-hydrogen) atoms. The van der Waals surface area contributed by atoms with Crippen molar-refractivity contribution in [1.82, 2.24) is 9.97 Å². The fourth-order valence-electron chi connectivity index (χ4n) is 3.25. The Bertz CT molecular complexity index is 928. The second kappa shape index (κ2) is 7.27. The van der Waals surface area contributed by atoms with Crippen molar-refractivity contribution in [3.05, 3.63) is 47.3 Å². The molecule has 0 saturated carbocycles. The molecule has 0 spiro atoms. The van der Waals surface area contributed by atoms with Crippen molar-refractivity contribution in [1.29, 1.82) is 0 Å². The number of amidine groups is 1. The zero-order valence-electron chi connectivity index (χ0n) is 15.4. The van der Waals surface area contributed by atoms with Crippen LogP contribution in [0.5, 0.6) is 0 Å². The number of imidazole rings is 1. The molecule has 4 N–H and O–H groups in total. The van der Waals surface area contributed by atoms with Crippen LogP contribution >= 0.6 is 0 Å². The largest absolute Gasteiger partial charge is 0.385 e. The first kappa shape index (κ1) is 19.9. The van der Waals surface area contributed by atoms with E-state index in [0.717, 1.165) is 12.1 Å². The van der Waals surface area contributed by atoms with Gasteiger partial charge in [-0.05, 0) is 31.5 Å². The van der Waals surface area contributed by atoms with E-state index in [1.807, 2.05) is 0 Å². The minimum absolute atomic E-state index is 0.131. The van der Waals surface area contributed by atoms with Gasteiger partial charge in [0.2, 0.25) is 0 Å². The smallest absolute Gasteiger partial charge is 0.299 e. The third-order valence-electron chi connectivity index (χ3n) is 4.70. The number of hydrogen-bond acceptors (Lipinski definition) is 5. The van der Waals surface area contributed by atoms with E-state index in [2.05, 4.69) is 20.3 Å². The summed E-state index contributed by atoms with van der Waals surface area (Å²) >= 11 is 0. The minimum atomic E-state index is -3.51. The van der Waals surface area contributed by atoms with Crippen LogP contribution in [0.4, 0.5) is 18.9 Å². The molecule has 2 heterocycles. The van der Waals surface area contributed by atoms with Crippen LogP contribution in [0.25, 0.3) is 0 Å². The van der Waals surface area contributed by atoms with Gasteiger partial charge in [-0.15, -0.1) is 0 Å². The summed E-state index contributed by atoms with van der Waals surface area (Å²) < 4.78 is 49.4. The molecule has 1 aliphatic rings. The highest BCUT2D eigenvalue weighted by Crippen LogP contribution is 2.46. The Hall–Kier alpha value is -2.88. The summed E-state index contributed by atoms with van der Waals surface area (Å²) in [5.41, 5.74) is 3.87. The van der Waals surface area contributed by atoms with Crippen LogP contribution in [0.2, 0.25) is 0 Å². The molecular formula is C18H20F3N5O2. The number of aryl methyl sites for hydroxylation is 1. The lowest BCUT2D eigenvalue weighted by molar-refractivity contribution is -0.123. The van der Waals surface area contributed by atoms with E-state index < -0.39 is 29.8 Å². The Balaban J connectivity index is 2.05. The number of amides is 1. The molecule has 0 radical (unpaired) electrons. The molecule has 1 amide bonds. The Kier molecular flexibility index (Phi) is 5.16. The van der Waals surface area contributed by atoms with Crippen LogP contribution in [0.15, 0.2) is 29.5 Å². The fraction of sp³-hybridized carbons (Fsp3) is 0.389. The average molecular weight is 395 g/mol. The molecule has 2 aromatic rings. The Morgan fingerprint density at radius 3 is 2.82 bits per heavy atom. The summed E-state index contributed by atoms with van der Waals surface area (Å²) in [7, 11) is 0. The third-order valence-corrected chi connectivity index (χ3v) is 4.70. The number of alkyl halides is 2. The van der Waals surface area contributed by atoms with Crippen molar-refractivity contribution in [3.63, 3.8) is 0 Å². The number of nitrogens with one attached hydrogen (secondary N) is 2. The first-order chi connectivity index (χ1) is 13.2. The number of nitrogens with two attached hydrogens (primary N) is 1. The molecule has 0 fully saturated rings. The number of carbonyl (C=O) groups excluding carboxylic acids is 1. The second-order valence-electron chi connectivity index (χ2n) is 6.54. The Labute approximate surface area is 159 Å². The summed E-state index contributed by atoms with van der Waals surface area (Å²) in [6.07, 6.45) is 1.13. The number of carbonyl (C=O) groups is 1. The van der Waals surface area contributed by atoms with Gasteiger partial charge >= 0.3 is 0 Å². The number of ether oxygens (including phenoxy) is 1. The molecule has 1 aromatic heterocycles. The van der Waals surface area contributed by atoms with Gasteiger partial charge in [0, 0.05) is 16.9 Å². The number of benzene rings is 1. The van der Waals surface area contributed by atoms with Crippen molar-refractivity contribution < 1.29 is 22.7 Å². The number of aliphatic imine (C=N–C) groups is 1. The molecule has 0 aliphatic carbocycles. The molecular weight excluding hydrogens is 375 g/mol. The van der Waals surface area contributed by atoms with E-state index in [1.54, 1.807) is 6.92 Å². The number of aromatic nitrogens is 2. The van der Waals surface area contributed by atoms with Crippen molar-refractivity contribution >= 4 is 17.4 Å². The van der Waals surface area contributed by atoms with Crippen molar-refractivity contribution in [2.24, 2.45) is 10.7 Å². The zero-order chi connectivity index (χ0) is 20.5. The van der Waals surface area contributed by atoms with Gasteiger partial charge in [0.15, 0.2) is 5.54 Å². The predicted octanol–water partition coefficient (Wildman–Crippen LogP) is 2.74. The number of nitrogens with zero attached hydrogens (tertiary/aromatic N) is 2. The molecule has 7 nitrogen and oxygen atoms in total. The molecule has 0 unspecified atom stereocenters. The van der Waals surface area contributed by atoms with Gasteiger partial charge in [-0.1, -0.05) is 6.92 Å². The van der Waals surface area contributed by atoms with E-state index >= 15 is 0 Å². The highest BCUT2D eigenvalue weighted by atomic mass is 19.3. The number of anilines is 1. The fourth-order valence-corrected chi connectivity index (χ4v) is 3.25. The molecule has 1 atom stereocenters. The lowest BCUT2D eigenvalue weighted by Gasteiger charge is -2.36. The van der Waals surface area contributed by atoms with E-state index in [9.17, 15) is 18.0 Å². The molecule has 10 heteroatoms. The quantitative estimate of drug-likeness (QED) is 0.740. The maximum Gasteiger partial charge on any atom is 0.299 e. The first-order valence-electron chi connectivity index (χ1n) is 8.61. The predicted molar refractivity (Wildman–Crippen MR) is 97.0 cm³/mol. The minimum Gasteiger partial charge on any atom is -0.385 e. The number of H-pyrrole nitrogens is 1. The van der Waals surface area contributed by atoms with Crippen molar-refractivity contribution in [2.75, 3.05) is 18.5 Å². The SMILES string of the molecule is CC[C@]1(c2cc(NC(=O)c3nc[nH]c3C)ccc2F)N=C(N)COCC1(F)F. The number of aromatic amines is 1. The average Bonchev–Trinajstić information content (AvgIpc) is 3.02. The van der Waals surface area contributed by atoms with Crippen LogP contribution in [-0.2, 0) is 10.3 Å². The van der Waals surface area contributed by atoms with Crippen LogP contribution in [0, 0.1) is 12.7 Å². The second-order valence-corrected chi connectivity index (χ2v) is 6.54. The van der Waals surface area contributed by atoms with Crippen LogP contribution in [0.1, 0.15) is 35.1 Å². The molecule has 150 valence electrons. The summed E-state index contributed by atoms with van der Waals surface area (Å²) in [6.45, 7) is 1.91. The molecule has 0 bridgehead atoms. The van der Waals surface area contributed by atoms with Gasteiger partial charge in [0.25, 0.3) is 11.8 Å². The highest BCUT2D eigenvalue weighted by molar-refractivity contribution is 6.03. The standard InChI is InChI=1S/C18H20F3N5O2/c1-3-17(18(20,21)8-28-7-14(22)26-17)12-6-11(4-5-13(12)19)25-16(27)15-10(2)23-9-24-15/h4-6,9H,3,7-8H2,1-2H3,(H2,22,26)(H,23,24)(H,25,27)/t17-/m1/s1. The maximum atomic E-state index is 14.9. The van der Waals surface area contributed by atoms with Crippen LogP contribution in [-0.4, -0.2) is 40.8 Å². The van der Waals surface area contributed by atoms with Gasteiger partial charge in [0.1, 0.15) is 30.6 Å². The Morgan fingerprint density at radius 1 is 1.43 bits per heavy atom. The number of halogens is 3. The van der Waals surface area contributed by atoms with E-state index in [1.165, 1.54) is 19.3 Å². The normalized spacial score (nSPS) is 21.7. The highest BCUT2D eigenvalue weighted by Gasteiger charge is 2.56. The molecule has 3 rings (SSSR count). The summed E-state index contributed by atoms with van der Waals surface area (Å²) in [5.74, 6) is -5.10. The third kappa shape index (κ3) is 3.35. The molecule has 1 aromatic carbocycles.